The number of rotatable bonds is 35. The van der Waals surface area contributed by atoms with E-state index < -0.39 is 55.2 Å². The maximum absolute atomic E-state index is 13.0. The molecule has 0 aromatic carbocycles. The molecule has 1 aliphatic rings. The normalized spacial score (nSPS) is 19.7. The van der Waals surface area contributed by atoms with Gasteiger partial charge in [-0.25, -0.2) is 4.79 Å². The van der Waals surface area contributed by atoms with E-state index in [0.29, 0.717) is 17.9 Å². The molecule has 0 saturated carbocycles. The van der Waals surface area contributed by atoms with Gasteiger partial charge in [0.25, 0.3) is 0 Å². The molecule has 0 aromatic rings. The number of carbonyl (C=O) groups excluding carboxylic acids is 3. The van der Waals surface area contributed by atoms with Crippen molar-refractivity contribution in [2.45, 2.75) is 224 Å². The van der Waals surface area contributed by atoms with E-state index in [-0.39, 0.29) is 25.3 Å². The van der Waals surface area contributed by atoms with Crippen LogP contribution in [-0.2, 0) is 23.8 Å². The summed E-state index contributed by atoms with van der Waals surface area (Å²) in [5.74, 6) is -1.29. The molecule has 1 fully saturated rings. The number of aliphatic hydroxyl groups excluding tert-OH is 2. The monoisotopic (exact) mass is 790 g/mol. The highest BCUT2D eigenvalue weighted by Crippen LogP contribution is 2.27. The van der Waals surface area contributed by atoms with Crippen molar-refractivity contribution in [3.8, 4) is 0 Å². The van der Waals surface area contributed by atoms with E-state index in [9.17, 15) is 29.5 Å². The Morgan fingerprint density at radius 1 is 0.667 bits per heavy atom. The molecule has 1 rings (SSSR count). The lowest BCUT2D eigenvalue weighted by atomic mass is 9.96. The predicted molar refractivity (Wildman–Crippen MR) is 214 cm³/mol. The number of amides is 2. The number of urea groups is 1. The Kier molecular flexibility index (Phi) is 31.7. The Bertz CT molecular complexity index is 963. The van der Waals surface area contributed by atoms with Crippen molar-refractivity contribution in [2.75, 3.05) is 19.0 Å². The number of hydrogen-bond donors (Lipinski definition) is 3. The topological polar surface area (TPSA) is 164 Å². The summed E-state index contributed by atoms with van der Waals surface area (Å²) >= 11 is 5.72. The van der Waals surface area contributed by atoms with E-state index in [1.807, 2.05) is 0 Å². The van der Waals surface area contributed by atoms with Crippen LogP contribution >= 0.6 is 11.6 Å². The van der Waals surface area contributed by atoms with Crippen molar-refractivity contribution in [1.29, 1.82) is 0 Å². The van der Waals surface area contributed by atoms with Crippen LogP contribution in [0.25, 0.3) is 0 Å². The summed E-state index contributed by atoms with van der Waals surface area (Å²) < 4.78 is 17.0. The van der Waals surface area contributed by atoms with Gasteiger partial charge in [0.1, 0.15) is 18.2 Å². The molecule has 1 aliphatic heterocycles. The van der Waals surface area contributed by atoms with Crippen LogP contribution in [0.2, 0.25) is 0 Å². The second-order valence-corrected chi connectivity index (χ2v) is 15.4. The van der Waals surface area contributed by atoms with Gasteiger partial charge in [-0.3, -0.25) is 9.59 Å². The number of hydrogen-bond acceptors (Lipinski definition) is 10. The molecule has 12 nitrogen and oxygen atoms in total. The molecule has 2 amide bonds. The first-order valence-corrected chi connectivity index (χ1v) is 22.2. The van der Waals surface area contributed by atoms with E-state index >= 15 is 0 Å². The molecule has 0 aliphatic carbocycles. The number of alkyl halides is 1. The lowest BCUT2D eigenvalue weighted by Gasteiger charge is -2.43. The van der Waals surface area contributed by atoms with Crippen LogP contribution in [0.3, 0.4) is 0 Å². The summed E-state index contributed by atoms with van der Waals surface area (Å²) in [7, 11) is 0. The van der Waals surface area contributed by atoms with Gasteiger partial charge in [-0.15, -0.1) is 16.5 Å². The van der Waals surface area contributed by atoms with Crippen LogP contribution in [0, 0.1) is 4.91 Å². The molecule has 3 N–H and O–H groups in total. The van der Waals surface area contributed by atoms with Crippen molar-refractivity contribution < 1.29 is 38.8 Å². The number of ether oxygens (including phenoxy) is 3. The predicted octanol–water partition coefficient (Wildman–Crippen LogP) is 9.78. The van der Waals surface area contributed by atoms with Crippen LogP contribution in [0.5, 0.6) is 0 Å². The van der Waals surface area contributed by atoms with Crippen molar-refractivity contribution in [3.05, 3.63) is 4.91 Å². The highest BCUT2D eigenvalue weighted by molar-refractivity contribution is 6.18. The van der Waals surface area contributed by atoms with Crippen molar-refractivity contribution in [2.24, 2.45) is 5.29 Å². The van der Waals surface area contributed by atoms with E-state index in [0.717, 1.165) is 38.5 Å². The van der Waals surface area contributed by atoms with E-state index in [1.54, 1.807) is 0 Å². The number of carbonyl (C=O) groups is 3. The number of nitroso groups, excluding NO2 is 1. The molecule has 5 atom stereocenters. The molecule has 0 aromatic heterocycles. The van der Waals surface area contributed by atoms with Crippen LogP contribution in [-0.4, -0.2) is 82.9 Å². The summed E-state index contributed by atoms with van der Waals surface area (Å²) in [6.07, 6.45) is 24.6. The van der Waals surface area contributed by atoms with Gasteiger partial charge in [0, 0.05) is 18.7 Å². The third kappa shape index (κ3) is 23.8. The second-order valence-electron chi connectivity index (χ2n) is 15.0. The zero-order chi connectivity index (χ0) is 39.7. The minimum absolute atomic E-state index is 0.0788. The van der Waals surface area contributed by atoms with Gasteiger partial charge in [0.2, 0.25) is 6.29 Å². The zero-order valence-corrected chi connectivity index (χ0v) is 34.6. The lowest BCUT2D eigenvalue weighted by molar-refractivity contribution is -0.266. The summed E-state index contributed by atoms with van der Waals surface area (Å²) in [6, 6.07) is -2.38. The third-order valence-corrected chi connectivity index (χ3v) is 10.4. The molecular weight excluding hydrogens is 714 g/mol. The molecule has 316 valence electrons. The first kappa shape index (κ1) is 50.0. The molecule has 54 heavy (non-hydrogen) atoms. The molecule has 1 heterocycles. The van der Waals surface area contributed by atoms with Crippen molar-refractivity contribution in [3.63, 3.8) is 0 Å². The number of unbranched alkanes of at least 4 members (excludes halogenated alkanes) is 24. The Morgan fingerprint density at radius 2 is 1.06 bits per heavy atom. The van der Waals surface area contributed by atoms with Gasteiger partial charge in [0.15, 0.2) is 6.10 Å². The van der Waals surface area contributed by atoms with E-state index in [1.165, 1.54) is 116 Å². The van der Waals surface area contributed by atoms with Crippen molar-refractivity contribution in [1.82, 2.24) is 10.3 Å². The van der Waals surface area contributed by atoms with Crippen LogP contribution in [0.4, 0.5) is 4.79 Å². The average molecular weight is 791 g/mol. The number of nitrogens with one attached hydrogen (secondary N) is 1. The van der Waals surface area contributed by atoms with Crippen molar-refractivity contribution >= 4 is 29.6 Å². The lowest BCUT2D eigenvalue weighted by Crippen LogP contribution is -2.66. The maximum Gasteiger partial charge on any atom is 0.341 e. The summed E-state index contributed by atoms with van der Waals surface area (Å²) in [5.41, 5.74) is 0. The second kappa shape index (κ2) is 34.2. The van der Waals surface area contributed by atoms with Gasteiger partial charge in [-0.1, -0.05) is 168 Å². The number of esters is 2. The molecule has 1 unspecified atom stereocenters. The van der Waals surface area contributed by atoms with Crippen LogP contribution in [0.1, 0.15) is 194 Å². The van der Waals surface area contributed by atoms with Gasteiger partial charge in [-0.2, -0.15) is 5.01 Å². The van der Waals surface area contributed by atoms with Gasteiger partial charge in [0.05, 0.1) is 18.4 Å². The minimum Gasteiger partial charge on any atom is -0.457 e. The molecule has 0 bridgehead atoms. The quantitative estimate of drug-likeness (QED) is 0.0186. The smallest absolute Gasteiger partial charge is 0.341 e. The number of aliphatic hydroxyl groups is 2. The average Bonchev–Trinajstić information content (AvgIpc) is 3.16. The van der Waals surface area contributed by atoms with Crippen LogP contribution in [0.15, 0.2) is 5.29 Å². The SMILES string of the molecule is CCCCCCCCCCCCCCCC(=O)OC1O[C@H](CO)[C@@H](O)[C@H](OC(=O)CCCCCCCCCCCCCCC)[C@H]1NC(=O)N(CCCl)N=O. The summed E-state index contributed by atoms with van der Waals surface area (Å²) in [4.78, 5) is 50.3. The standard InChI is InChI=1S/C41H76ClN3O9/c1-3-5-7-9-11-13-15-17-19-21-23-25-27-29-35(47)53-39-37(43-41(50)45(44-51)32-31-42)40(52-34(33-46)38(39)49)54-36(48)30-28-26-24-22-20-18-16-14-12-10-8-6-4-2/h34,37-40,46,49H,3-33H2,1-2H3,(H,43,50)/t34-,37-,38-,39-,40?/m1/s1. The van der Waals surface area contributed by atoms with Crippen LogP contribution < -0.4 is 5.32 Å². The highest BCUT2D eigenvalue weighted by atomic mass is 35.5. The first-order chi connectivity index (χ1) is 26.3. The largest absolute Gasteiger partial charge is 0.457 e. The highest BCUT2D eigenvalue weighted by Gasteiger charge is 2.50. The molecule has 0 radical (unpaired) electrons. The summed E-state index contributed by atoms with van der Waals surface area (Å²) in [5, 5.41) is 26.7. The molecular formula is C41H76ClN3O9. The van der Waals surface area contributed by atoms with E-state index in [2.05, 4.69) is 24.5 Å². The Hall–Kier alpha value is -2.02. The zero-order valence-electron chi connectivity index (χ0n) is 33.8. The maximum atomic E-state index is 13.0. The fraction of sp³-hybridized carbons (Fsp3) is 0.927. The third-order valence-electron chi connectivity index (χ3n) is 10.3. The van der Waals surface area contributed by atoms with Gasteiger partial charge in [-0.05, 0) is 12.8 Å². The van der Waals surface area contributed by atoms with E-state index in [4.69, 9.17) is 25.8 Å². The summed E-state index contributed by atoms with van der Waals surface area (Å²) in [6.45, 7) is 3.60. The fourth-order valence-electron chi connectivity index (χ4n) is 6.91. The fourth-order valence-corrected chi connectivity index (χ4v) is 7.07. The van der Waals surface area contributed by atoms with Gasteiger partial charge < -0.3 is 29.7 Å². The minimum atomic E-state index is -1.56. The molecule has 13 heteroatoms. The molecule has 1 saturated heterocycles. The number of nitrogens with zero attached hydrogens (tertiary/aromatic N) is 2. The first-order valence-electron chi connectivity index (χ1n) is 21.6. The Morgan fingerprint density at radius 3 is 1.43 bits per heavy atom. The Labute approximate surface area is 331 Å². The molecule has 0 spiro atoms. The Balaban J connectivity index is 2.62. The number of halogens is 1. The van der Waals surface area contributed by atoms with Gasteiger partial charge >= 0.3 is 18.0 Å².